The lowest BCUT2D eigenvalue weighted by Gasteiger charge is -2.13. The largest absolute Gasteiger partial charge is 0.320 e. The minimum atomic E-state index is -0.164. The van der Waals surface area contributed by atoms with Crippen molar-refractivity contribution in [2.45, 2.75) is 34.1 Å². The maximum absolute atomic E-state index is 8.54. The Hall–Kier alpha value is -0.550. The molecule has 0 heterocycles. The number of nitrogens with zero attached hydrogens (tertiary/aromatic N) is 1. The van der Waals surface area contributed by atoms with Gasteiger partial charge in [0, 0.05) is 0 Å². The maximum Gasteiger partial charge on any atom is 0.0684 e. The standard InChI is InChI=1S/C7H14N2.C2H6/c1-7(2,6-8)4-5-9-3;1-2/h9H,4-5H2,1-3H3;1-2H3. The van der Waals surface area contributed by atoms with E-state index in [1.807, 2.05) is 34.7 Å². The first-order chi connectivity index (χ1) is 5.12. The molecule has 0 radical (unpaired) electrons. The van der Waals surface area contributed by atoms with Crippen LogP contribution in [0.3, 0.4) is 0 Å². The highest BCUT2D eigenvalue weighted by atomic mass is 14.8. The molecule has 0 amide bonds. The number of nitriles is 1. The molecule has 11 heavy (non-hydrogen) atoms. The van der Waals surface area contributed by atoms with Crippen LogP contribution in [0.5, 0.6) is 0 Å². The van der Waals surface area contributed by atoms with E-state index in [-0.39, 0.29) is 5.41 Å². The van der Waals surface area contributed by atoms with Crippen LogP contribution >= 0.6 is 0 Å². The van der Waals surface area contributed by atoms with Crippen molar-refractivity contribution < 1.29 is 0 Å². The van der Waals surface area contributed by atoms with Gasteiger partial charge in [-0.25, -0.2) is 0 Å². The van der Waals surface area contributed by atoms with E-state index in [0.717, 1.165) is 13.0 Å². The molecule has 0 aromatic carbocycles. The third kappa shape index (κ3) is 9.45. The van der Waals surface area contributed by atoms with Gasteiger partial charge in [-0.1, -0.05) is 13.8 Å². The molecule has 0 aromatic rings. The Morgan fingerprint density at radius 2 is 1.82 bits per heavy atom. The SMILES string of the molecule is CC.CNCCC(C)(C)C#N. The molecule has 0 saturated heterocycles. The zero-order valence-corrected chi connectivity index (χ0v) is 8.36. The van der Waals surface area contributed by atoms with Gasteiger partial charge in [-0.2, -0.15) is 5.26 Å². The highest BCUT2D eigenvalue weighted by molar-refractivity contribution is 4.91. The molecule has 0 aliphatic carbocycles. The average Bonchev–Trinajstić information content (AvgIpc) is 2.05. The van der Waals surface area contributed by atoms with Gasteiger partial charge in [0.2, 0.25) is 0 Å². The zero-order valence-electron chi connectivity index (χ0n) is 8.36. The summed E-state index contributed by atoms with van der Waals surface area (Å²) in [6.07, 6.45) is 0.917. The van der Waals surface area contributed by atoms with Gasteiger partial charge in [-0.3, -0.25) is 0 Å². The van der Waals surface area contributed by atoms with Crippen LogP contribution in [0.1, 0.15) is 34.1 Å². The molecule has 0 rings (SSSR count). The summed E-state index contributed by atoms with van der Waals surface area (Å²) < 4.78 is 0. The van der Waals surface area contributed by atoms with E-state index in [1.165, 1.54) is 0 Å². The first-order valence-electron chi connectivity index (χ1n) is 4.18. The lowest BCUT2D eigenvalue weighted by molar-refractivity contribution is 0.443. The predicted molar refractivity (Wildman–Crippen MR) is 49.3 cm³/mol. The van der Waals surface area contributed by atoms with Crippen molar-refractivity contribution in [2.75, 3.05) is 13.6 Å². The van der Waals surface area contributed by atoms with Crippen molar-refractivity contribution in [1.82, 2.24) is 5.32 Å². The smallest absolute Gasteiger partial charge is 0.0684 e. The van der Waals surface area contributed by atoms with Crippen LogP contribution in [-0.4, -0.2) is 13.6 Å². The molecule has 66 valence electrons. The third-order valence-electron chi connectivity index (χ3n) is 1.30. The number of rotatable bonds is 3. The van der Waals surface area contributed by atoms with Gasteiger partial charge in [0.05, 0.1) is 11.5 Å². The molecule has 0 aliphatic heterocycles. The summed E-state index contributed by atoms with van der Waals surface area (Å²) in [5.74, 6) is 0. The van der Waals surface area contributed by atoms with E-state index < -0.39 is 0 Å². The normalized spacial score (nSPS) is 9.45. The Morgan fingerprint density at radius 1 is 1.36 bits per heavy atom. The lowest BCUT2D eigenvalue weighted by Crippen LogP contribution is -2.17. The van der Waals surface area contributed by atoms with Crippen LogP contribution in [0.4, 0.5) is 0 Å². The monoisotopic (exact) mass is 156 g/mol. The van der Waals surface area contributed by atoms with E-state index >= 15 is 0 Å². The van der Waals surface area contributed by atoms with Gasteiger partial charge in [0.15, 0.2) is 0 Å². The zero-order chi connectivity index (χ0) is 9.33. The van der Waals surface area contributed by atoms with Crippen molar-refractivity contribution in [1.29, 1.82) is 5.26 Å². The molecule has 0 atom stereocenters. The van der Waals surface area contributed by atoms with Crippen molar-refractivity contribution in [3.05, 3.63) is 0 Å². The van der Waals surface area contributed by atoms with Crippen molar-refractivity contribution in [3.8, 4) is 6.07 Å². The Bertz CT molecular complexity index is 111. The minimum Gasteiger partial charge on any atom is -0.320 e. The number of hydrogen-bond donors (Lipinski definition) is 1. The van der Waals surface area contributed by atoms with E-state index in [2.05, 4.69) is 11.4 Å². The predicted octanol–water partition coefficient (Wildman–Crippen LogP) is 2.17. The molecule has 0 bridgehead atoms. The highest BCUT2D eigenvalue weighted by Gasteiger charge is 2.14. The molecular weight excluding hydrogens is 136 g/mol. The van der Waals surface area contributed by atoms with E-state index in [0.29, 0.717) is 0 Å². The summed E-state index contributed by atoms with van der Waals surface area (Å²) >= 11 is 0. The van der Waals surface area contributed by atoms with E-state index in [9.17, 15) is 0 Å². The highest BCUT2D eigenvalue weighted by Crippen LogP contribution is 2.16. The summed E-state index contributed by atoms with van der Waals surface area (Å²) in [6, 6.07) is 2.24. The van der Waals surface area contributed by atoms with E-state index in [4.69, 9.17) is 5.26 Å². The van der Waals surface area contributed by atoms with Crippen molar-refractivity contribution in [3.63, 3.8) is 0 Å². The third-order valence-corrected chi connectivity index (χ3v) is 1.30. The average molecular weight is 156 g/mol. The second kappa shape index (κ2) is 7.56. The molecule has 0 saturated carbocycles. The van der Waals surface area contributed by atoms with Crippen LogP contribution in [0, 0.1) is 16.7 Å². The molecule has 0 spiro atoms. The Labute approximate surface area is 70.6 Å². The topological polar surface area (TPSA) is 35.8 Å². The van der Waals surface area contributed by atoms with Crippen LogP contribution in [-0.2, 0) is 0 Å². The molecule has 0 fully saturated rings. The molecule has 0 aliphatic rings. The van der Waals surface area contributed by atoms with Gasteiger partial charge >= 0.3 is 0 Å². The maximum atomic E-state index is 8.54. The molecule has 0 aromatic heterocycles. The first kappa shape index (κ1) is 13.1. The fourth-order valence-corrected chi connectivity index (χ4v) is 0.493. The lowest BCUT2D eigenvalue weighted by atomic mass is 9.92. The van der Waals surface area contributed by atoms with Crippen molar-refractivity contribution >= 4 is 0 Å². The van der Waals surface area contributed by atoms with Crippen molar-refractivity contribution in [2.24, 2.45) is 5.41 Å². The summed E-state index contributed by atoms with van der Waals surface area (Å²) in [4.78, 5) is 0. The quantitative estimate of drug-likeness (QED) is 0.679. The summed E-state index contributed by atoms with van der Waals surface area (Å²) in [5.41, 5.74) is -0.164. The van der Waals surface area contributed by atoms with Gasteiger partial charge in [-0.15, -0.1) is 0 Å². The van der Waals surface area contributed by atoms with Crippen LogP contribution < -0.4 is 5.32 Å². The van der Waals surface area contributed by atoms with Gasteiger partial charge < -0.3 is 5.32 Å². The molecular formula is C9H20N2. The van der Waals surface area contributed by atoms with Crippen LogP contribution in [0.2, 0.25) is 0 Å². The Kier molecular flexibility index (Phi) is 8.98. The van der Waals surface area contributed by atoms with Gasteiger partial charge in [0.25, 0.3) is 0 Å². The minimum absolute atomic E-state index is 0.164. The second-order valence-electron chi connectivity index (χ2n) is 2.85. The molecule has 2 nitrogen and oxygen atoms in total. The molecule has 1 N–H and O–H groups in total. The fourth-order valence-electron chi connectivity index (χ4n) is 0.493. The van der Waals surface area contributed by atoms with Gasteiger partial charge in [-0.05, 0) is 33.9 Å². The fraction of sp³-hybridized carbons (Fsp3) is 0.889. The molecule has 2 heteroatoms. The first-order valence-corrected chi connectivity index (χ1v) is 4.18. The summed E-state index contributed by atoms with van der Waals surface area (Å²) in [5, 5.41) is 11.5. The summed E-state index contributed by atoms with van der Waals surface area (Å²) in [6.45, 7) is 8.81. The second-order valence-corrected chi connectivity index (χ2v) is 2.85. The molecule has 0 unspecified atom stereocenters. The Morgan fingerprint density at radius 3 is 2.09 bits per heavy atom. The van der Waals surface area contributed by atoms with E-state index in [1.54, 1.807) is 0 Å². The number of nitrogens with one attached hydrogen (secondary N) is 1. The van der Waals surface area contributed by atoms with Gasteiger partial charge in [0.1, 0.15) is 0 Å². The number of hydrogen-bond acceptors (Lipinski definition) is 2. The Balaban J connectivity index is 0. The van der Waals surface area contributed by atoms with Crippen LogP contribution in [0.25, 0.3) is 0 Å². The van der Waals surface area contributed by atoms with Crippen LogP contribution in [0.15, 0.2) is 0 Å². The summed E-state index contributed by atoms with van der Waals surface area (Å²) in [7, 11) is 1.90.